The topological polar surface area (TPSA) is 71.5 Å². The summed E-state index contributed by atoms with van der Waals surface area (Å²) in [5.41, 5.74) is 1.01. The highest BCUT2D eigenvalue weighted by molar-refractivity contribution is 5.85. The third-order valence-electron chi connectivity index (χ3n) is 2.76. The van der Waals surface area contributed by atoms with Crippen molar-refractivity contribution in [2.24, 2.45) is 0 Å². The summed E-state index contributed by atoms with van der Waals surface area (Å²) in [4.78, 5) is 14.9. The molecule has 2 aromatic rings. The predicted molar refractivity (Wildman–Crippen MR) is 80.7 cm³/mol. The fourth-order valence-corrected chi connectivity index (χ4v) is 1.86. The summed E-state index contributed by atoms with van der Waals surface area (Å²) >= 11 is 0. The largest absolute Gasteiger partial charge is 0.491 e. The van der Waals surface area contributed by atoms with Crippen LogP contribution < -0.4 is 10.1 Å². The fraction of sp³-hybridized carbons (Fsp3) is 0.250. The lowest BCUT2D eigenvalue weighted by Gasteiger charge is -2.14. The second-order valence-electron chi connectivity index (χ2n) is 4.84. The van der Waals surface area contributed by atoms with Crippen molar-refractivity contribution in [3.8, 4) is 5.75 Å². The van der Waals surface area contributed by atoms with Crippen molar-refractivity contribution in [3.63, 3.8) is 0 Å². The van der Waals surface area contributed by atoms with Crippen LogP contribution in [0.5, 0.6) is 5.75 Å². The van der Waals surface area contributed by atoms with E-state index >= 15 is 0 Å². The minimum atomic E-state index is -1.04. The summed E-state index contributed by atoms with van der Waals surface area (Å²) in [6.07, 6.45) is 0.0969. The molecule has 0 saturated carbocycles. The number of ether oxygens (including phenoxy) is 1. The lowest BCUT2D eigenvalue weighted by atomic mass is 10.2. The first-order valence-electron chi connectivity index (χ1n) is 6.75. The van der Waals surface area contributed by atoms with Crippen LogP contribution in [-0.4, -0.2) is 22.2 Å². The zero-order valence-corrected chi connectivity index (χ0v) is 12.0. The summed E-state index contributed by atoms with van der Waals surface area (Å²) in [5.74, 6) is 0.297. The van der Waals surface area contributed by atoms with Crippen LogP contribution in [0.1, 0.15) is 29.9 Å². The quantitative estimate of drug-likeness (QED) is 0.853. The number of carboxylic acid groups (broad SMARTS) is 1. The number of rotatable bonds is 6. The van der Waals surface area contributed by atoms with E-state index in [0.29, 0.717) is 12.4 Å². The molecule has 1 heterocycles. The molecule has 5 nitrogen and oxygen atoms in total. The summed E-state index contributed by atoms with van der Waals surface area (Å²) in [5, 5.41) is 12.0. The minimum absolute atomic E-state index is 0.0201. The van der Waals surface area contributed by atoms with Crippen LogP contribution in [0.25, 0.3) is 0 Å². The van der Waals surface area contributed by atoms with Gasteiger partial charge in [0.05, 0.1) is 6.10 Å². The molecule has 1 aromatic heterocycles. The molecule has 0 spiro atoms. The van der Waals surface area contributed by atoms with E-state index in [2.05, 4.69) is 10.3 Å². The van der Waals surface area contributed by atoms with Crippen molar-refractivity contribution in [3.05, 3.63) is 53.7 Å². The second-order valence-corrected chi connectivity index (χ2v) is 4.84. The highest BCUT2D eigenvalue weighted by atomic mass is 16.5. The molecule has 0 unspecified atom stereocenters. The number of nitrogens with one attached hydrogen (secondary N) is 1. The molecule has 0 bridgehead atoms. The molecule has 2 rings (SSSR count). The van der Waals surface area contributed by atoms with Gasteiger partial charge < -0.3 is 15.2 Å². The van der Waals surface area contributed by atoms with Gasteiger partial charge in [0, 0.05) is 12.1 Å². The average molecular weight is 286 g/mol. The Morgan fingerprint density at radius 2 is 2.00 bits per heavy atom. The number of hydrogen-bond donors (Lipinski definition) is 2. The van der Waals surface area contributed by atoms with Crippen molar-refractivity contribution in [2.45, 2.75) is 26.5 Å². The molecule has 0 amide bonds. The van der Waals surface area contributed by atoms with E-state index in [9.17, 15) is 4.79 Å². The summed E-state index contributed by atoms with van der Waals surface area (Å²) in [6.45, 7) is 4.46. The molecule has 0 atom stereocenters. The molecule has 0 aliphatic heterocycles. The minimum Gasteiger partial charge on any atom is -0.491 e. The summed E-state index contributed by atoms with van der Waals surface area (Å²) in [7, 11) is 0. The third-order valence-corrected chi connectivity index (χ3v) is 2.76. The highest BCUT2D eigenvalue weighted by Crippen LogP contribution is 2.20. The molecule has 110 valence electrons. The number of aromatic carboxylic acids is 1. The SMILES string of the molecule is CC(C)Oc1ccccc1CNc1cccc(C(=O)O)n1. The Hall–Kier alpha value is -2.56. The van der Waals surface area contributed by atoms with E-state index in [0.717, 1.165) is 11.3 Å². The zero-order chi connectivity index (χ0) is 15.2. The van der Waals surface area contributed by atoms with Gasteiger partial charge >= 0.3 is 5.97 Å². The molecule has 21 heavy (non-hydrogen) atoms. The van der Waals surface area contributed by atoms with E-state index in [1.807, 2.05) is 38.1 Å². The lowest BCUT2D eigenvalue weighted by molar-refractivity contribution is 0.0690. The van der Waals surface area contributed by atoms with Crippen LogP contribution in [0, 0.1) is 0 Å². The summed E-state index contributed by atoms with van der Waals surface area (Å²) in [6, 6.07) is 12.6. The van der Waals surface area contributed by atoms with Gasteiger partial charge in [-0.1, -0.05) is 24.3 Å². The first kappa shape index (κ1) is 14.8. The van der Waals surface area contributed by atoms with Gasteiger partial charge in [0.1, 0.15) is 11.6 Å². The van der Waals surface area contributed by atoms with Crippen LogP contribution in [0.2, 0.25) is 0 Å². The Morgan fingerprint density at radius 3 is 2.71 bits per heavy atom. The van der Waals surface area contributed by atoms with Crippen LogP contribution in [0.3, 0.4) is 0 Å². The van der Waals surface area contributed by atoms with E-state index in [-0.39, 0.29) is 11.8 Å². The maximum absolute atomic E-state index is 10.9. The first-order chi connectivity index (χ1) is 10.1. The molecule has 0 aliphatic carbocycles. The van der Waals surface area contributed by atoms with Crippen molar-refractivity contribution >= 4 is 11.8 Å². The van der Waals surface area contributed by atoms with E-state index in [4.69, 9.17) is 9.84 Å². The number of hydrogen-bond acceptors (Lipinski definition) is 4. The van der Waals surface area contributed by atoms with Crippen LogP contribution in [-0.2, 0) is 6.54 Å². The normalized spacial score (nSPS) is 10.4. The number of para-hydroxylation sites is 1. The van der Waals surface area contributed by atoms with Crippen molar-refractivity contribution in [1.82, 2.24) is 4.98 Å². The number of carboxylic acids is 1. The standard InChI is InChI=1S/C16H18N2O3/c1-11(2)21-14-8-4-3-6-12(14)10-17-15-9-5-7-13(18-15)16(19)20/h3-9,11H,10H2,1-2H3,(H,17,18)(H,19,20). The van der Waals surface area contributed by atoms with Gasteiger partial charge in [-0.25, -0.2) is 9.78 Å². The van der Waals surface area contributed by atoms with Gasteiger partial charge in [0.25, 0.3) is 0 Å². The molecular weight excluding hydrogens is 268 g/mol. The van der Waals surface area contributed by atoms with Crippen molar-refractivity contribution in [1.29, 1.82) is 0 Å². The Balaban J connectivity index is 2.09. The fourth-order valence-electron chi connectivity index (χ4n) is 1.86. The zero-order valence-electron chi connectivity index (χ0n) is 12.0. The Morgan fingerprint density at radius 1 is 1.24 bits per heavy atom. The van der Waals surface area contributed by atoms with Gasteiger partial charge in [0.2, 0.25) is 0 Å². The monoisotopic (exact) mass is 286 g/mol. The van der Waals surface area contributed by atoms with E-state index in [1.165, 1.54) is 6.07 Å². The molecular formula is C16H18N2O3. The predicted octanol–water partition coefficient (Wildman–Crippen LogP) is 3.18. The van der Waals surface area contributed by atoms with Crippen molar-refractivity contribution in [2.75, 3.05) is 5.32 Å². The van der Waals surface area contributed by atoms with Crippen LogP contribution >= 0.6 is 0 Å². The van der Waals surface area contributed by atoms with Gasteiger partial charge in [0.15, 0.2) is 5.69 Å². The van der Waals surface area contributed by atoms with Gasteiger partial charge in [-0.2, -0.15) is 0 Å². The van der Waals surface area contributed by atoms with Crippen LogP contribution in [0.15, 0.2) is 42.5 Å². The molecule has 5 heteroatoms. The number of carbonyl (C=O) groups is 1. The number of benzene rings is 1. The Kier molecular flexibility index (Phi) is 4.77. The molecule has 0 aliphatic rings. The molecule has 0 saturated heterocycles. The van der Waals surface area contributed by atoms with E-state index in [1.54, 1.807) is 12.1 Å². The molecule has 1 aromatic carbocycles. The Bertz CT molecular complexity index is 626. The van der Waals surface area contributed by atoms with Crippen molar-refractivity contribution < 1.29 is 14.6 Å². The molecule has 0 radical (unpaired) electrons. The Labute approximate surface area is 123 Å². The second kappa shape index (κ2) is 6.74. The number of anilines is 1. The smallest absolute Gasteiger partial charge is 0.354 e. The maximum Gasteiger partial charge on any atom is 0.354 e. The van der Waals surface area contributed by atoms with E-state index < -0.39 is 5.97 Å². The number of nitrogens with zero attached hydrogens (tertiary/aromatic N) is 1. The van der Waals surface area contributed by atoms with Crippen LogP contribution in [0.4, 0.5) is 5.82 Å². The molecule has 0 fully saturated rings. The first-order valence-corrected chi connectivity index (χ1v) is 6.75. The van der Waals surface area contributed by atoms with Gasteiger partial charge in [-0.3, -0.25) is 0 Å². The molecule has 2 N–H and O–H groups in total. The van der Waals surface area contributed by atoms with Gasteiger partial charge in [-0.05, 0) is 32.0 Å². The average Bonchev–Trinajstić information content (AvgIpc) is 2.46. The van der Waals surface area contributed by atoms with Gasteiger partial charge in [-0.15, -0.1) is 0 Å². The maximum atomic E-state index is 10.9. The number of pyridine rings is 1. The number of aromatic nitrogens is 1. The third kappa shape index (κ3) is 4.21. The highest BCUT2D eigenvalue weighted by Gasteiger charge is 2.07. The lowest BCUT2D eigenvalue weighted by Crippen LogP contribution is -2.10. The summed E-state index contributed by atoms with van der Waals surface area (Å²) < 4.78 is 5.74.